The number of benzene rings is 2. The Morgan fingerprint density at radius 3 is 3.00 bits per heavy atom. The van der Waals surface area contributed by atoms with Crippen LogP contribution in [-0.4, -0.2) is 25.2 Å². The summed E-state index contributed by atoms with van der Waals surface area (Å²) in [6, 6.07) is 12.1. The van der Waals surface area contributed by atoms with Crippen LogP contribution in [0.5, 0.6) is 11.5 Å². The predicted octanol–water partition coefficient (Wildman–Crippen LogP) is 2.89. The lowest BCUT2D eigenvalue weighted by molar-refractivity contribution is -0.123. The largest absolute Gasteiger partial charge is 0.493 e. The molecule has 1 heterocycles. The zero-order valence-corrected chi connectivity index (χ0v) is 13.5. The second kappa shape index (κ2) is 7.34. The standard InChI is InChI=1S/C19H20FNO3/c1-13(10-14-6-7-17-15(11-14)8-9-23-17)21-19(22)12-24-18-5-3-2-4-16(18)20/h2-7,11,13H,8-10,12H2,1H3,(H,21,22). The Kier molecular flexibility index (Phi) is 4.99. The van der Waals surface area contributed by atoms with Crippen molar-refractivity contribution >= 4 is 5.91 Å². The Bertz CT molecular complexity index is 732. The third kappa shape index (κ3) is 4.04. The average Bonchev–Trinajstić information content (AvgIpc) is 3.01. The van der Waals surface area contributed by atoms with E-state index < -0.39 is 5.82 Å². The van der Waals surface area contributed by atoms with Crippen molar-refractivity contribution < 1.29 is 18.7 Å². The van der Waals surface area contributed by atoms with E-state index in [1.165, 1.54) is 17.7 Å². The van der Waals surface area contributed by atoms with Gasteiger partial charge in [-0.1, -0.05) is 24.3 Å². The van der Waals surface area contributed by atoms with E-state index in [1.807, 2.05) is 19.1 Å². The van der Waals surface area contributed by atoms with Crippen LogP contribution in [0.25, 0.3) is 0 Å². The maximum absolute atomic E-state index is 13.4. The molecule has 0 spiro atoms. The van der Waals surface area contributed by atoms with Gasteiger partial charge in [-0.2, -0.15) is 0 Å². The number of para-hydroxylation sites is 1. The summed E-state index contributed by atoms with van der Waals surface area (Å²) >= 11 is 0. The predicted molar refractivity (Wildman–Crippen MR) is 88.8 cm³/mol. The number of amides is 1. The summed E-state index contributed by atoms with van der Waals surface area (Å²) < 4.78 is 24.1. The Balaban J connectivity index is 1.48. The zero-order chi connectivity index (χ0) is 16.9. The Morgan fingerprint density at radius 1 is 1.33 bits per heavy atom. The lowest BCUT2D eigenvalue weighted by Crippen LogP contribution is -2.37. The summed E-state index contributed by atoms with van der Waals surface area (Å²) in [4.78, 5) is 11.9. The molecule has 2 aromatic carbocycles. The Labute approximate surface area is 140 Å². The van der Waals surface area contributed by atoms with Gasteiger partial charge in [0.25, 0.3) is 5.91 Å². The minimum atomic E-state index is -0.473. The van der Waals surface area contributed by atoms with Crippen molar-refractivity contribution in [3.63, 3.8) is 0 Å². The zero-order valence-electron chi connectivity index (χ0n) is 13.5. The molecule has 126 valence electrons. The first-order chi connectivity index (χ1) is 11.6. The van der Waals surface area contributed by atoms with Gasteiger partial charge in [0.2, 0.25) is 0 Å². The molecule has 0 saturated heterocycles. The maximum Gasteiger partial charge on any atom is 0.258 e. The van der Waals surface area contributed by atoms with Crippen molar-refractivity contribution in [3.8, 4) is 11.5 Å². The topological polar surface area (TPSA) is 47.6 Å². The minimum Gasteiger partial charge on any atom is -0.493 e. The first-order valence-electron chi connectivity index (χ1n) is 8.03. The summed E-state index contributed by atoms with van der Waals surface area (Å²) in [6.07, 6.45) is 1.65. The lowest BCUT2D eigenvalue weighted by Gasteiger charge is -2.15. The van der Waals surface area contributed by atoms with E-state index in [0.717, 1.165) is 30.8 Å². The summed E-state index contributed by atoms with van der Waals surface area (Å²) in [6.45, 7) is 2.46. The van der Waals surface area contributed by atoms with Crippen LogP contribution in [0, 0.1) is 5.82 Å². The smallest absolute Gasteiger partial charge is 0.258 e. The number of halogens is 1. The lowest BCUT2D eigenvalue weighted by atomic mass is 10.0. The summed E-state index contributed by atoms with van der Waals surface area (Å²) in [5.74, 6) is 0.293. The first-order valence-corrected chi connectivity index (χ1v) is 8.03. The second-order valence-electron chi connectivity index (χ2n) is 5.93. The molecule has 1 unspecified atom stereocenters. The van der Waals surface area contributed by atoms with E-state index in [1.54, 1.807) is 12.1 Å². The highest BCUT2D eigenvalue weighted by Crippen LogP contribution is 2.26. The van der Waals surface area contributed by atoms with E-state index >= 15 is 0 Å². The Hall–Kier alpha value is -2.56. The number of hydrogen-bond acceptors (Lipinski definition) is 3. The normalized spacial score (nSPS) is 13.8. The molecular weight excluding hydrogens is 309 g/mol. The molecule has 2 aromatic rings. The number of rotatable bonds is 6. The van der Waals surface area contributed by atoms with E-state index in [4.69, 9.17) is 9.47 Å². The highest BCUT2D eigenvalue weighted by atomic mass is 19.1. The molecule has 3 rings (SSSR count). The molecule has 0 aromatic heterocycles. The molecule has 1 N–H and O–H groups in total. The molecule has 24 heavy (non-hydrogen) atoms. The molecule has 4 nitrogen and oxygen atoms in total. The SMILES string of the molecule is CC(Cc1ccc2c(c1)CCO2)NC(=O)COc1ccccc1F. The van der Waals surface area contributed by atoms with Crippen molar-refractivity contribution in [2.24, 2.45) is 0 Å². The van der Waals surface area contributed by atoms with Crippen LogP contribution in [0.2, 0.25) is 0 Å². The summed E-state index contributed by atoms with van der Waals surface area (Å²) in [7, 11) is 0. The second-order valence-corrected chi connectivity index (χ2v) is 5.93. The van der Waals surface area contributed by atoms with Crippen LogP contribution in [0.15, 0.2) is 42.5 Å². The van der Waals surface area contributed by atoms with Crippen molar-refractivity contribution in [1.29, 1.82) is 0 Å². The fourth-order valence-corrected chi connectivity index (χ4v) is 2.79. The van der Waals surface area contributed by atoms with Gasteiger partial charge in [-0.05, 0) is 42.7 Å². The van der Waals surface area contributed by atoms with Crippen molar-refractivity contribution in [2.75, 3.05) is 13.2 Å². The van der Waals surface area contributed by atoms with E-state index in [-0.39, 0.29) is 24.3 Å². The van der Waals surface area contributed by atoms with Crippen molar-refractivity contribution in [1.82, 2.24) is 5.32 Å². The van der Waals surface area contributed by atoms with Gasteiger partial charge in [-0.15, -0.1) is 0 Å². The van der Waals surface area contributed by atoms with Crippen LogP contribution in [0.4, 0.5) is 4.39 Å². The van der Waals surface area contributed by atoms with E-state index in [0.29, 0.717) is 0 Å². The fraction of sp³-hybridized carbons (Fsp3) is 0.316. The molecule has 1 aliphatic rings. The molecule has 0 fully saturated rings. The van der Waals surface area contributed by atoms with Gasteiger partial charge in [0.1, 0.15) is 5.75 Å². The molecule has 0 aliphatic carbocycles. The molecule has 0 bridgehead atoms. The van der Waals surface area contributed by atoms with Gasteiger partial charge in [0.15, 0.2) is 18.2 Å². The van der Waals surface area contributed by atoms with Gasteiger partial charge in [-0.25, -0.2) is 4.39 Å². The average molecular weight is 329 g/mol. The molecule has 0 saturated carbocycles. The summed E-state index contributed by atoms with van der Waals surface area (Å²) in [5.41, 5.74) is 2.37. The van der Waals surface area contributed by atoms with Gasteiger partial charge >= 0.3 is 0 Å². The quantitative estimate of drug-likeness (QED) is 0.886. The summed E-state index contributed by atoms with van der Waals surface area (Å²) in [5, 5.41) is 2.87. The van der Waals surface area contributed by atoms with Gasteiger partial charge in [0.05, 0.1) is 6.61 Å². The Morgan fingerprint density at radius 2 is 2.17 bits per heavy atom. The third-order valence-corrected chi connectivity index (χ3v) is 3.90. The minimum absolute atomic E-state index is 0.0397. The number of hydrogen-bond donors (Lipinski definition) is 1. The van der Waals surface area contributed by atoms with Crippen molar-refractivity contribution in [3.05, 3.63) is 59.4 Å². The van der Waals surface area contributed by atoms with Crippen LogP contribution >= 0.6 is 0 Å². The molecule has 1 aliphatic heterocycles. The fourth-order valence-electron chi connectivity index (χ4n) is 2.79. The molecule has 1 atom stereocenters. The van der Waals surface area contributed by atoms with Crippen LogP contribution < -0.4 is 14.8 Å². The highest BCUT2D eigenvalue weighted by molar-refractivity contribution is 5.77. The number of fused-ring (bicyclic) bond motifs is 1. The van der Waals surface area contributed by atoms with E-state index in [2.05, 4.69) is 11.4 Å². The number of carbonyl (C=O) groups excluding carboxylic acids is 1. The molecule has 1 amide bonds. The van der Waals surface area contributed by atoms with Gasteiger partial charge < -0.3 is 14.8 Å². The molecular formula is C19H20FNO3. The van der Waals surface area contributed by atoms with Crippen LogP contribution in [-0.2, 0) is 17.6 Å². The number of carbonyl (C=O) groups is 1. The number of ether oxygens (including phenoxy) is 2. The third-order valence-electron chi connectivity index (χ3n) is 3.90. The molecule has 0 radical (unpaired) electrons. The van der Waals surface area contributed by atoms with Crippen LogP contribution in [0.3, 0.4) is 0 Å². The number of nitrogens with one attached hydrogen (secondary N) is 1. The monoisotopic (exact) mass is 329 g/mol. The molecule has 5 heteroatoms. The van der Waals surface area contributed by atoms with Crippen LogP contribution in [0.1, 0.15) is 18.1 Å². The van der Waals surface area contributed by atoms with Crippen molar-refractivity contribution in [2.45, 2.75) is 25.8 Å². The first kappa shape index (κ1) is 16.3. The highest BCUT2D eigenvalue weighted by Gasteiger charge is 2.14. The van der Waals surface area contributed by atoms with Gasteiger partial charge in [0, 0.05) is 12.5 Å². The van der Waals surface area contributed by atoms with E-state index in [9.17, 15) is 9.18 Å². The maximum atomic E-state index is 13.4. The van der Waals surface area contributed by atoms with Gasteiger partial charge in [-0.3, -0.25) is 4.79 Å².